The fraction of sp³-hybridized carbons (Fsp3) is 0.846. The highest BCUT2D eigenvalue weighted by molar-refractivity contribution is 5.88. The zero-order valence-electron chi connectivity index (χ0n) is 55.1. The molecule has 10 unspecified atom stereocenters. The lowest BCUT2D eigenvalue weighted by Crippen LogP contribution is -2.77. The standard InChI is InChI=1S/C65H100O28/c1-14-26(3)54(81)88-44-28(5)83-58(43(76)46(44)89-55(82)27(4)15-2)93-51-52(84-29(6)69)65(25-68)31(22-60(51,7)8)30-16-17-35-62(11)20-19-36(61(9,10)34(62)18-21-63(35,12)64(30,13)49(77)50(65)78)87-59-48(92-57-41(74)39(72)37(70)32(23-66)85-57)45(42(75)47(91-59)53(79)80)90-56-40(73)38(71)33(24-67)86-56/h14-16,28,31-52,56-59,66-68,70-78H,17-25H2,1-13H3,(H,79,80)/b26-14-,27-15-/t28?,31?,32?,33-,34?,35?,36-,37-,38?,39+,40-,41?,42-,43?,44-,45+,46+,47?,48?,49-,50-,51-,52-,56-,57-,58-,59+,62-,63+,64-,65-/m0/s1. The number of allylic oxidation sites excluding steroid dienone is 3. The fourth-order valence-electron chi connectivity index (χ4n) is 18.0. The summed E-state index contributed by atoms with van der Waals surface area (Å²) in [4.78, 5) is 53.1. The highest BCUT2D eigenvalue weighted by atomic mass is 16.8. The van der Waals surface area contributed by atoms with Crippen LogP contribution >= 0.6 is 0 Å². The van der Waals surface area contributed by atoms with E-state index in [1.165, 1.54) is 32.9 Å². The molecule has 93 heavy (non-hydrogen) atoms. The van der Waals surface area contributed by atoms with Crippen molar-refractivity contribution < 1.29 is 138 Å². The van der Waals surface area contributed by atoms with Gasteiger partial charge in [-0.3, -0.25) is 4.79 Å². The molecule has 0 bridgehead atoms. The third-order valence-electron chi connectivity index (χ3n) is 23.7. The molecule has 0 aromatic heterocycles. The van der Waals surface area contributed by atoms with Crippen LogP contribution in [0.15, 0.2) is 34.9 Å². The van der Waals surface area contributed by atoms with E-state index < -0.39 is 229 Å². The molecule has 31 atom stereocenters. The molecule has 28 heteroatoms. The summed E-state index contributed by atoms with van der Waals surface area (Å²) in [6, 6.07) is 0. The van der Waals surface area contributed by atoms with Gasteiger partial charge in [-0.2, -0.15) is 0 Å². The SMILES string of the molecule is C/C=C(/C)C(=O)O[C@@H]1C(O)[C@H](O[C@H]2[C@H](OC(C)=O)[C@@]3(CO)C(CC2(C)C)C2=CCC4[C@@]5(C)CC[C@H](O[C@@H]6OC(C(=O)O)[C@@H](O)[C@@H](O[C@@H]7O[C@@H](CO)C(O)[C@@H]7O)C6O[C@@H]6OC(CO)[C@H](O)[C@@H](O)C6O)C(C)(C)C5CC[C@@]4(C)[C@]2(C)[C@@H](O)[C@@H]3O)OC(C)[C@@H]1OC(=O)/C(C)=C\C. The first-order valence-corrected chi connectivity index (χ1v) is 32.4. The number of fused-ring (bicyclic) bond motifs is 7. The second kappa shape index (κ2) is 27.2. The summed E-state index contributed by atoms with van der Waals surface area (Å²) in [6.07, 6.45) is -32.8. The summed E-state index contributed by atoms with van der Waals surface area (Å²) in [5.74, 6) is -5.25. The first-order chi connectivity index (χ1) is 43.4. The molecule has 0 amide bonds. The van der Waals surface area contributed by atoms with Crippen LogP contribution in [0.3, 0.4) is 0 Å². The predicted molar refractivity (Wildman–Crippen MR) is 318 cm³/mol. The van der Waals surface area contributed by atoms with Crippen LogP contribution in [0.5, 0.6) is 0 Å². The first kappa shape index (κ1) is 73.5. The van der Waals surface area contributed by atoms with Crippen LogP contribution < -0.4 is 0 Å². The number of hydrogen-bond donors (Lipinski definition) is 13. The number of ether oxygens (including phenoxy) is 11. The second-order valence-corrected chi connectivity index (χ2v) is 29.4. The Morgan fingerprint density at radius 3 is 1.68 bits per heavy atom. The largest absolute Gasteiger partial charge is 0.479 e. The van der Waals surface area contributed by atoms with Crippen LogP contribution in [-0.4, -0.2) is 257 Å². The summed E-state index contributed by atoms with van der Waals surface area (Å²) in [5, 5.41) is 147. The van der Waals surface area contributed by atoms with Gasteiger partial charge in [0.05, 0.1) is 49.7 Å². The minimum atomic E-state index is -2.16. The van der Waals surface area contributed by atoms with Crippen molar-refractivity contribution in [2.75, 3.05) is 19.8 Å². The lowest BCUT2D eigenvalue weighted by molar-refractivity contribution is -0.386. The molecule has 0 aromatic rings. The van der Waals surface area contributed by atoms with Crippen LogP contribution in [0.25, 0.3) is 0 Å². The minimum Gasteiger partial charge on any atom is -0.479 e. The monoisotopic (exact) mass is 1330 g/mol. The van der Waals surface area contributed by atoms with Gasteiger partial charge in [0.2, 0.25) is 0 Å². The lowest BCUT2D eigenvalue weighted by atomic mass is 9.32. The van der Waals surface area contributed by atoms with E-state index >= 15 is 0 Å². The summed E-state index contributed by atoms with van der Waals surface area (Å²) in [6.45, 7) is 20.5. The van der Waals surface area contributed by atoms with E-state index in [0.717, 1.165) is 5.57 Å². The smallest absolute Gasteiger partial charge is 0.335 e. The number of carboxylic acid groups (broad SMARTS) is 1. The molecule has 9 rings (SSSR count). The van der Waals surface area contributed by atoms with Crippen molar-refractivity contribution in [2.45, 2.75) is 276 Å². The predicted octanol–water partition coefficient (Wildman–Crippen LogP) is -0.315. The molecule has 28 nitrogen and oxygen atoms in total. The van der Waals surface area contributed by atoms with Gasteiger partial charge < -0.3 is 118 Å². The maximum Gasteiger partial charge on any atom is 0.335 e. The van der Waals surface area contributed by atoms with Gasteiger partial charge in [-0.15, -0.1) is 0 Å². The third kappa shape index (κ3) is 12.2. The number of aliphatic hydroxyl groups is 12. The van der Waals surface area contributed by atoms with Gasteiger partial charge in [-0.25, -0.2) is 14.4 Å². The molecule has 0 spiro atoms. The van der Waals surface area contributed by atoms with Gasteiger partial charge in [0.1, 0.15) is 79.4 Å². The maximum absolute atomic E-state index is 13.5. The Balaban J connectivity index is 1.03. The maximum atomic E-state index is 13.5. The molecule has 8 fully saturated rings. The molecule has 4 saturated heterocycles. The van der Waals surface area contributed by atoms with Gasteiger partial charge >= 0.3 is 23.9 Å². The van der Waals surface area contributed by atoms with E-state index in [4.69, 9.17) is 52.1 Å². The molecule has 9 aliphatic rings. The highest BCUT2D eigenvalue weighted by Gasteiger charge is 2.76. The van der Waals surface area contributed by atoms with Crippen molar-refractivity contribution >= 4 is 23.9 Å². The summed E-state index contributed by atoms with van der Waals surface area (Å²) < 4.78 is 67.6. The van der Waals surface area contributed by atoms with Gasteiger partial charge in [-0.05, 0) is 113 Å². The zero-order valence-corrected chi connectivity index (χ0v) is 55.1. The summed E-state index contributed by atoms with van der Waals surface area (Å²) in [5.41, 5.74) is -5.17. The van der Waals surface area contributed by atoms with Crippen molar-refractivity contribution in [3.8, 4) is 0 Å². The van der Waals surface area contributed by atoms with Gasteiger partial charge in [0.15, 0.2) is 43.5 Å². The quantitative estimate of drug-likeness (QED) is 0.0292. The van der Waals surface area contributed by atoms with Crippen molar-refractivity contribution in [1.29, 1.82) is 0 Å². The molecule has 4 heterocycles. The molecule has 4 saturated carbocycles. The number of carbonyl (C=O) groups excluding carboxylic acids is 3. The lowest BCUT2D eigenvalue weighted by Gasteiger charge is -2.73. The Morgan fingerprint density at radius 1 is 0.581 bits per heavy atom. The van der Waals surface area contributed by atoms with Gasteiger partial charge in [0, 0.05) is 23.5 Å². The van der Waals surface area contributed by atoms with E-state index in [0.29, 0.717) is 25.7 Å². The van der Waals surface area contributed by atoms with E-state index in [1.54, 1.807) is 20.8 Å². The van der Waals surface area contributed by atoms with Crippen molar-refractivity contribution in [1.82, 2.24) is 0 Å². The third-order valence-corrected chi connectivity index (χ3v) is 23.7. The normalized spacial score (nSPS) is 48.8. The zero-order chi connectivity index (χ0) is 68.9. The van der Waals surface area contributed by atoms with Crippen LogP contribution in [0.2, 0.25) is 0 Å². The highest BCUT2D eigenvalue weighted by Crippen LogP contribution is 2.76. The number of rotatable bonds is 17. The van der Waals surface area contributed by atoms with Crippen LogP contribution in [0.4, 0.5) is 0 Å². The minimum absolute atomic E-state index is 0.170. The van der Waals surface area contributed by atoms with Gasteiger partial charge in [-0.1, -0.05) is 72.3 Å². The number of esters is 3. The van der Waals surface area contributed by atoms with Crippen molar-refractivity contribution in [2.24, 2.45) is 50.2 Å². The van der Waals surface area contributed by atoms with Crippen molar-refractivity contribution in [3.05, 3.63) is 34.9 Å². The van der Waals surface area contributed by atoms with Crippen LogP contribution in [0.1, 0.15) is 129 Å². The molecule has 0 aromatic carbocycles. The second-order valence-electron chi connectivity index (χ2n) is 29.4. The first-order valence-electron chi connectivity index (χ1n) is 32.4. The Labute approximate surface area is 540 Å². The Kier molecular flexibility index (Phi) is 21.5. The van der Waals surface area contributed by atoms with Crippen molar-refractivity contribution in [3.63, 3.8) is 0 Å². The van der Waals surface area contributed by atoms with Crippen LogP contribution in [0, 0.1) is 50.2 Å². The van der Waals surface area contributed by atoms with E-state index in [1.807, 2.05) is 34.6 Å². The Morgan fingerprint density at radius 2 is 1.13 bits per heavy atom. The van der Waals surface area contributed by atoms with E-state index in [2.05, 4.69) is 19.9 Å². The number of aliphatic carboxylic acids is 1. The molecular formula is C65H100O28. The van der Waals surface area contributed by atoms with Crippen LogP contribution in [-0.2, 0) is 71.3 Å². The number of carbonyl (C=O) groups is 4. The van der Waals surface area contributed by atoms with E-state index in [9.17, 15) is 85.6 Å². The Hall–Kier alpha value is -3.70. The molecule has 5 aliphatic carbocycles. The summed E-state index contributed by atoms with van der Waals surface area (Å²) >= 11 is 0. The summed E-state index contributed by atoms with van der Waals surface area (Å²) in [7, 11) is 0. The van der Waals surface area contributed by atoms with Gasteiger partial charge in [0.25, 0.3) is 0 Å². The number of hydrogen-bond acceptors (Lipinski definition) is 27. The topological polar surface area (TPSA) is 433 Å². The average Bonchev–Trinajstić information content (AvgIpc) is 0.901. The average molecular weight is 1330 g/mol. The number of carboxylic acids is 1. The molecule has 13 N–H and O–H groups in total. The Bertz CT molecular complexity index is 2820. The molecular weight excluding hydrogens is 1230 g/mol. The molecule has 0 radical (unpaired) electrons. The molecule has 4 aliphatic heterocycles. The molecule has 528 valence electrons. The van der Waals surface area contributed by atoms with E-state index in [-0.39, 0.29) is 35.8 Å². The number of aliphatic hydroxyl groups excluding tert-OH is 12. The fourth-order valence-corrected chi connectivity index (χ4v) is 18.0.